The highest BCUT2D eigenvalue weighted by atomic mass is 32.2. The van der Waals surface area contributed by atoms with Crippen LogP contribution >= 0.6 is 11.8 Å². The Morgan fingerprint density at radius 2 is 2.17 bits per heavy atom. The van der Waals surface area contributed by atoms with Gasteiger partial charge < -0.3 is 10.6 Å². The number of benzene rings is 1. The zero-order valence-electron chi connectivity index (χ0n) is 10.1. The molecule has 2 rings (SSSR count). The van der Waals surface area contributed by atoms with Gasteiger partial charge in [0, 0.05) is 12.2 Å². The van der Waals surface area contributed by atoms with E-state index in [1.165, 1.54) is 11.8 Å². The van der Waals surface area contributed by atoms with Crippen LogP contribution in [-0.2, 0) is 11.3 Å². The number of nitrogens with zero attached hydrogens (tertiary/aromatic N) is 1. The number of hydrogen-bond donors (Lipinski definition) is 1. The predicted molar refractivity (Wildman–Crippen MR) is 74.1 cm³/mol. The highest BCUT2D eigenvalue weighted by molar-refractivity contribution is 8.05. The number of terminal acetylenes is 1. The summed E-state index contributed by atoms with van der Waals surface area (Å²) in [6, 6.07) is 10.0. The molecule has 1 aromatic carbocycles. The van der Waals surface area contributed by atoms with Crippen LogP contribution in [0, 0.1) is 12.3 Å². The van der Waals surface area contributed by atoms with Crippen LogP contribution in [0.4, 0.5) is 0 Å². The summed E-state index contributed by atoms with van der Waals surface area (Å²) in [5.74, 6) is 2.28. The molecule has 1 heterocycles. The maximum absolute atomic E-state index is 11.3. The second-order valence-electron chi connectivity index (χ2n) is 4.03. The Labute approximate surface area is 111 Å². The smallest absolute Gasteiger partial charge is 0.256 e. The number of rotatable bonds is 3. The number of amides is 1. The van der Waals surface area contributed by atoms with Crippen molar-refractivity contribution in [3.8, 4) is 12.3 Å². The molecular formula is C14H14N2OS. The van der Waals surface area contributed by atoms with Gasteiger partial charge in [-0.3, -0.25) is 4.79 Å². The van der Waals surface area contributed by atoms with Gasteiger partial charge in [0.15, 0.2) is 0 Å². The standard InChI is InChI=1S/C14H14N2OS/c1-3-12-16(9-11-7-5-4-6-8-11)10(2)13(18-12)14(15)17/h1,4-8,12H,9H2,2H3,(H2,15,17). The molecule has 0 spiro atoms. The molecule has 0 radical (unpaired) electrons. The summed E-state index contributed by atoms with van der Waals surface area (Å²) in [4.78, 5) is 13.9. The number of carbonyl (C=O) groups excluding carboxylic acids is 1. The van der Waals surface area contributed by atoms with E-state index in [9.17, 15) is 4.79 Å². The molecule has 0 aliphatic carbocycles. The molecule has 0 bridgehead atoms. The lowest BCUT2D eigenvalue weighted by Gasteiger charge is -2.24. The minimum absolute atomic E-state index is 0.160. The molecular weight excluding hydrogens is 244 g/mol. The lowest BCUT2D eigenvalue weighted by Crippen LogP contribution is -2.25. The van der Waals surface area contributed by atoms with E-state index in [-0.39, 0.29) is 5.37 Å². The number of allylic oxidation sites excluding steroid dienone is 1. The number of carbonyl (C=O) groups is 1. The van der Waals surface area contributed by atoms with Gasteiger partial charge in [-0.2, -0.15) is 0 Å². The molecule has 4 heteroatoms. The first-order chi connectivity index (χ1) is 8.63. The van der Waals surface area contributed by atoms with Crippen molar-refractivity contribution in [2.24, 2.45) is 5.73 Å². The summed E-state index contributed by atoms with van der Waals surface area (Å²) in [7, 11) is 0. The fourth-order valence-electron chi connectivity index (χ4n) is 1.91. The fourth-order valence-corrected chi connectivity index (χ4v) is 2.96. The van der Waals surface area contributed by atoms with E-state index < -0.39 is 5.91 Å². The van der Waals surface area contributed by atoms with Crippen molar-refractivity contribution in [3.05, 3.63) is 46.5 Å². The molecule has 1 atom stereocenters. The Bertz CT molecular complexity index is 530. The first kappa shape index (κ1) is 12.6. The third-order valence-electron chi connectivity index (χ3n) is 2.83. The quantitative estimate of drug-likeness (QED) is 0.842. The van der Waals surface area contributed by atoms with Gasteiger partial charge in [-0.1, -0.05) is 48.0 Å². The Hall–Kier alpha value is -1.86. The Kier molecular flexibility index (Phi) is 3.63. The summed E-state index contributed by atoms with van der Waals surface area (Å²) in [6.07, 6.45) is 5.51. The number of thioether (sulfide) groups is 1. The van der Waals surface area contributed by atoms with Crippen molar-refractivity contribution in [2.75, 3.05) is 0 Å². The molecule has 1 aliphatic heterocycles. The number of nitrogens with two attached hydrogens (primary N) is 1. The van der Waals surface area contributed by atoms with Crippen LogP contribution in [0.2, 0.25) is 0 Å². The van der Waals surface area contributed by atoms with Gasteiger partial charge in [0.2, 0.25) is 0 Å². The van der Waals surface area contributed by atoms with Gasteiger partial charge in [0.1, 0.15) is 5.37 Å². The average molecular weight is 258 g/mol. The Morgan fingerprint density at radius 1 is 1.50 bits per heavy atom. The summed E-state index contributed by atoms with van der Waals surface area (Å²) in [5.41, 5.74) is 7.36. The molecule has 2 N–H and O–H groups in total. The van der Waals surface area contributed by atoms with Crippen molar-refractivity contribution in [1.29, 1.82) is 0 Å². The van der Waals surface area contributed by atoms with Crippen LogP contribution in [0.5, 0.6) is 0 Å². The molecule has 1 amide bonds. The second kappa shape index (κ2) is 5.19. The SMILES string of the molecule is C#CC1SC(C(N)=O)=C(C)N1Cc1ccccc1. The zero-order chi connectivity index (χ0) is 13.1. The molecule has 0 fully saturated rings. The van der Waals surface area contributed by atoms with Crippen molar-refractivity contribution in [3.63, 3.8) is 0 Å². The first-order valence-corrected chi connectivity index (χ1v) is 6.45. The lowest BCUT2D eigenvalue weighted by molar-refractivity contribution is -0.114. The largest absolute Gasteiger partial charge is 0.365 e. The maximum atomic E-state index is 11.3. The average Bonchev–Trinajstić information content (AvgIpc) is 2.68. The van der Waals surface area contributed by atoms with Crippen LogP contribution in [0.15, 0.2) is 40.9 Å². The molecule has 0 saturated carbocycles. The molecule has 0 saturated heterocycles. The Balaban J connectivity index is 2.25. The summed E-state index contributed by atoms with van der Waals surface area (Å²) in [6.45, 7) is 2.57. The van der Waals surface area contributed by atoms with Crippen molar-refractivity contribution in [1.82, 2.24) is 4.90 Å². The number of primary amides is 1. The third-order valence-corrected chi connectivity index (χ3v) is 4.18. The highest BCUT2D eigenvalue weighted by Crippen LogP contribution is 2.38. The van der Waals surface area contributed by atoms with Crippen molar-refractivity contribution >= 4 is 17.7 Å². The predicted octanol–water partition coefficient (Wildman–Crippen LogP) is 1.91. The van der Waals surface area contributed by atoms with E-state index in [1.54, 1.807) is 0 Å². The minimum atomic E-state index is -0.409. The van der Waals surface area contributed by atoms with Gasteiger partial charge in [-0.05, 0) is 12.5 Å². The van der Waals surface area contributed by atoms with E-state index in [2.05, 4.69) is 5.92 Å². The first-order valence-electron chi connectivity index (χ1n) is 5.57. The van der Waals surface area contributed by atoms with Gasteiger partial charge in [0.25, 0.3) is 5.91 Å². The third kappa shape index (κ3) is 2.36. The molecule has 18 heavy (non-hydrogen) atoms. The maximum Gasteiger partial charge on any atom is 0.256 e. The van der Waals surface area contributed by atoms with Gasteiger partial charge in [-0.25, -0.2) is 0 Å². The van der Waals surface area contributed by atoms with Crippen LogP contribution in [0.25, 0.3) is 0 Å². The Morgan fingerprint density at radius 3 is 2.72 bits per heavy atom. The second-order valence-corrected chi connectivity index (χ2v) is 5.12. The minimum Gasteiger partial charge on any atom is -0.365 e. The molecule has 0 aromatic heterocycles. The summed E-state index contributed by atoms with van der Waals surface area (Å²) >= 11 is 1.35. The van der Waals surface area contributed by atoms with Crippen LogP contribution in [-0.4, -0.2) is 16.2 Å². The zero-order valence-corrected chi connectivity index (χ0v) is 10.9. The van der Waals surface area contributed by atoms with E-state index in [1.807, 2.05) is 42.2 Å². The number of hydrogen-bond acceptors (Lipinski definition) is 3. The molecule has 1 aliphatic rings. The van der Waals surface area contributed by atoms with E-state index in [0.29, 0.717) is 11.4 Å². The summed E-state index contributed by atoms with van der Waals surface area (Å²) < 4.78 is 0. The fraction of sp³-hybridized carbons (Fsp3) is 0.214. The van der Waals surface area contributed by atoms with Gasteiger partial charge in [-0.15, -0.1) is 6.42 Å². The van der Waals surface area contributed by atoms with E-state index in [0.717, 1.165) is 11.3 Å². The molecule has 1 aromatic rings. The highest BCUT2D eigenvalue weighted by Gasteiger charge is 2.31. The topological polar surface area (TPSA) is 46.3 Å². The van der Waals surface area contributed by atoms with E-state index in [4.69, 9.17) is 12.2 Å². The van der Waals surface area contributed by atoms with Crippen molar-refractivity contribution in [2.45, 2.75) is 18.8 Å². The van der Waals surface area contributed by atoms with Crippen LogP contribution in [0.3, 0.4) is 0 Å². The molecule has 92 valence electrons. The summed E-state index contributed by atoms with van der Waals surface area (Å²) in [5, 5.41) is -0.160. The molecule has 3 nitrogen and oxygen atoms in total. The van der Waals surface area contributed by atoms with Crippen LogP contribution in [0.1, 0.15) is 12.5 Å². The lowest BCUT2D eigenvalue weighted by atomic mass is 10.2. The van der Waals surface area contributed by atoms with Crippen LogP contribution < -0.4 is 5.73 Å². The van der Waals surface area contributed by atoms with Crippen molar-refractivity contribution < 1.29 is 4.79 Å². The molecule has 1 unspecified atom stereocenters. The van der Waals surface area contributed by atoms with Gasteiger partial charge in [0.05, 0.1) is 4.91 Å². The monoisotopic (exact) mass is 258 g/mol. The van der Waals surface area contributed by atoms with Gasteiger partial charge >= 0.3 is 0 Å². The normalized spacial score (nSPS) is 18.9. The van der Waals surface area contributed by atoms with E-state index >= 15 is 0 Å².